The Labute approximate surface area is 120 Å². The van der Waals surface area contributed by atoms with E-state index < -0.39 is 0 Å². The van der Waals surface area contributed by atoms with Crippen LogP contribution in [0.3, 0.4) is 0 Å². The Hall–Kier alpha value is -2.02. The third-order valence-electron chi connectivity index (χ3n) is 2.59. The van der Waals surface area contributed by atoms with Crippen LogP contribution in [0.5, 0.6) is 0 Å². The van der Waals surface area contributed by atoms with Crippen molar-refractivity contribution in [1.82, 2.24) is 0 Å². The monoisotopic (exact) mass is 290 g/mol. The lowest BCUT2D eigenvalue weighted by atomic mass is 9.97. The standard InChI is InChI=1S/C14H8Cl2N2O/c15-11-4-1-9(2-5-11)12(8-17)10-3-6-14(18-19)13(16)7-10/h1-7,19H/b12-10+,18-14+. The molecule has 0 atom stereocenters. The maximum Gasteiger partial charge on any atom is 0.121 e. The smallest absolute Gasteiger partial charge is 0.121 e. The molecule has 0 aromatic heterocycles. The maximum absolute atomic E-state index is 9.28. The van der Waals surface area contributed by atoms with Crippen LogP contribution in [0.1, 0.15) is 5.56 Å². The summed E-state index contributed by atoms with van der Waals surface area (Å²) in [5.74, 6) is 0. The van der Waals surface area contributed by atoms with Gasteiger partial charge in [-0.05, 0) is 35.4 Å². The number of allylic oxidation sites excluding steroid dienone is 6. The van der Waals surface area contributed by atoms with Gasteiger partial charge >= 0.3 is 0 Å². The number of hydrogen-bond donors (Lipinski definition) is 1. The molecule has 1 aliphatic rings. The lowest BCUT2D eigenvalue weighted by Gasteiger charge is -2.08. The number of halogens is 2. The molecule has 19 heavy (non-hydrogen) atoms. The van der Waals surface area contributed by atoms with Crippen LogP contribution in [0.15, 0.2) is 58.3 Å². The van der Waals surface area contributed by atoms with Crippen molar-refractivity contribution in [2.75, 3.05) is 0 Å². The second kappa shape index (κ2) is 5.75. The van der Waals surface area contributed by atoms with Gasteiger partial charge in [-0.15, -0.1) is 0 Å². The van der Waals surface area contributed by atoms with Gasteiger partial charge in [-0.25, -0.2) is 0 Å². The second-order valence-corrected chi connectivity index (χ2v) is 4.60. The van der Waals surface area contributed by atoms with Crippen molar-refractivity contribution in [3.63, 3.8) is 0 Å². The van der Waals surface area contributed by atoms with E-state index in [-0.39, 0.29) is 10.7 Å². The topological polar surface area (TPSA) is 56.4 Å². The van der Waals surface area contributed by atoms with Crippen molar-refractivity contribution in [2.24, 2.45) is 5.16 Å². The minimum Gasteiger partial charge on any atom is -0.410 e. The lowest BCUT2D eigenvalue weighted by molar-refractivity contribution is 0.320. The Morgan fingerprint density at radius 2 is 1.84 bits per heavy atom. The van der Waals surface area contributed by atoms with Crippen LogP contribution < -0.4 is 0 Å². The van der Waals surface area contributed by atoms with Crippen molar-refractivity contribution < 1.29 is 5.21 Å². The van der Waals surface area contributed by atoms with E-state index >= 15 is 0 Å². The van der Waals surface area contributed by atoms with E-state index in [1.54, 1.807) is 42.5 Å². The van der Waals surface area contributed by atoms with Crippen LogP contribution in [0.2, 0.25) is 5.02 Å². The molecule has 1 N–H and O–H groups in total. The fraction of sp³-hybridized carbons (Fsp3) is 0. The van der Waals surface area contributed by atoms with E-state index in [0.717, 1.165) is 5.56 Å². The van der Waals surface area contributed by atoms with Crippen LogP contribution >= 0.6 is 23.2 Å². The molecule has 1 aliphatic carbocycles. The van der Waals surface area contributed by atoms with Crippen LogP contribution in [-0.4, -0.2) is 10.9 Å². The number of oxime groups is 1. The first-order valence-corrected chi connectivity index (χ1v) is 6.09. The number of nitriles is 1. The maximum atomic E-state index is 9.28. The Morgan fingerprint density at radius 1 is 1.16 bits per heavy atom. The third kappa shape index (κ3) is 2.87. The quantitative estimate of drug-likeness (QED) is 0.480. The summed E-state index contributed by atoms with van der Waals surface area (Å²) in [6.45, 7) is 0. The Bertz CT molecular complexity index is 662. The average molecular weight is 291 g/mol. The van der Waals surface area contributed by atoms with Gasteiger partial charge in [0.1, 0.15) is 11.8 Å². The summed E-state index contributed by atoms with van der Waals surface area (Å²) < 4.78 is 0. The predicted molar refractivity (Wildman–Crippen MR) is 76.3 cm³/mol. The summed E-state index contributed by atoms with van der Waals surface area (Å²) in [6.07, 6.45) is 4.81. The summed E-state index contributed by atoms with van der Waals surface area (Å²) in [7, 11) is 0. The molecule has 2 rings (SSSR count). The molecule has 0 spiro atoms. The zero-order valence-corrected chi connectivity index (χ0v) is 11.2. The molecular weight excluding hydrogens is 283 g/mol. The van der Waals surface area contributed by atoms with Crippen LogP contribution in [0.4, 0.5) is 0 Å². The van der Waals surface area contributed by atoms with Crippen LogP contribution in [0, 0.1) is 11.3 Å². The molecule has 1 aromatic rings. The zero-order chi connectivity index (χ0) is 13.8. The van der Waals surface area contributed by atoms with Crippen molar-refractivity contribution in [1.29, 1.82) is 5.26 Å². The first kappa shape index (κ1) is 13.4. The second-order valence-electron chi connectivity index (χ2n) is 3.76. The van der Waals surface area contributed by atoms with Gasteiger partial charge in [-0.1, -0.05) is 46.6 Å². The van der Waals surface area contributed by atoms with Crippen molar-refractivity contribution in [3.05, 3.63) is 63.7 Å². The highest BCUT2D eigenvalue weighted by Gasteiger charge is 2.12. The molecule has 0 unspecified atom stereocenters. The van der Waals surface area contributed by atoms with Crippen molar-refractivity contribution in [3.8, 4) is 6.07 Å². The molecule has 3 nitrogen and oxygen atoms in total. The SMILES string of the molecule is N#C/C(=C1C=C/C(=N\O)C(Cl)=C/1)c1ccc(Cl)cc1. The van der Waals surface area contributed by atoms with Crippen LogP contribution in [0.25, 0.3) is 5.57 Å². The van der Waals surface area contributed by atoms with Crippen LogP contribution in [-0.2, 0) is 0 Å². The average Bonchev–Trinajstić information content (AvgIpc) is 2.42. The van der Waals surface area contributed by atoms with Gasteiger partial charge in [0.2, 0.25) is 0 Å². The van der Waals surface area contributed by atoms with Gasteiger partial charge in [-0.2, -0.15) is 5.26 Å². The minimum absolute atomic E-state index is 0.263. The minimum atomic E-state index is 0.263. The number of nitrogens with zero attached hydrogens (tertiary/aromatic N) is 2. The zero-order valence-electron chi connectivity index (χ0n) is 9.64. The number of rotatable bonds is 1. The number of benzene rings is 1. The third-order valence-corrected chi connectivity index (χ3v) is 3.14. The molecule has 0 heterocycles. The van der Waals surface area contributed by atoms with Gasteiger partial charge < -0.3 is 5.21 Å². The first-order chi connectivity index (χ1) is 9.15. The molecule has 0 radical (unpaired) electrons. The van der Waals surface area contributed by atoms with E-state index in [4.69, 9.17) is 28.4 Å². The van der Waals surface area contributed by atoms with E-state index in [1.807, 2.05) is 0 Å². The molecule has 0 saturated carbocycles. The van der Waals surface area contributed by atoms with Gasteiger partial charge in [0.15, 0.2) is 0 Å². The molecule has 94 valence electrons. The molecule has 0 amide bonds. The highest BCUT2D eigenvalue weighted by atomic mass is 35.5. The van der Waals surface area contributed by atoms with E-state index in [1.165, 1.54) is 0 Å². The highest BCUT2D eigenvalue weighted by molar-refractivity contribution is 6.46. The fourth-order valence-electron chi connectivity index (χ4n) is 1.66. The summed E-state index contributed by atoms with van der Waals surface area (Å²) in [6, 6.07) is 9.10. The lowest BCUT2D eigenvalue weighted by Crippen LogP contribution is -2.00. The summed E-state index contributed by atoms with van der Waals surface area (Å²) in [5, 5.41) is 21.9. The Kier molecular flexibility index (Phi) is 4.06. The summed E-state index contributed by atoms with van der Waals surface area (Å²) >= 11 is 11.8. The van der Waals surface area contributed by atoms with E-state index in [0.29, 0.717) is 16.2 Å². The van der Waals surface area contributed by atoms with Gasteiger partial charge in [0, 0.05) is 5.02 Å². The molecule has 5 heteroatoms. The van der Waals surface area contributed by atoms with E-state index in [9.17, 15) is 5.26 Å². The van der Waals surface area contributed by atoms with Gasteiger partial charge in [0.25, 0.3) is 0 Å². The first-order valence-electron chi connectivity index (χ1n) is 5.33. The predicted octanol–water partition coefficient (Wildman–Crippen LogP) is 4.14. The van der Waals surface area contributed by atoms with Crippen molar-refractivity contribution in [2.45, 2.75) is 0 Å². The molecule has 1 aromatic carbocycles. The largest absolute Gasteiger partial charge is 0.410 e. The van der Waals surface area contributed by atoms with Gasteiger partial charge in [0.05, 0.1) is 10.6 Å². The summed E-state index contributed by atoms with van der Waals surface area (Å²) in [5.41, 5.74) is 2.14. The molecule has 0 fully saturated rings. The van der Waals surface area contributed by atoms with Gasteiger partial charge in [-0.3, -0.25) is 0 Å². The molecular formula is C14H8Cl2N2O. The highest BCUT2D eigenvalue weighted by Crippen LogP contribution is 2.26. The summed E-state index contributed by atoms with van der Waals surface area (Å²) in [4.78, 5) is 0. The Morgan fingerprint density at radius 3 is 2.37 bits per heavy atom. The normalized spacial score (nSPS) is 19.0. The van der Waals surface area contributed by atoms with E-state index in [2.05, 4.69) is 11.2 Å². The molecule has 0 aliphatic heterocycles. The number of hydrogen-bond acceptors (Lipinski definition) is 3. The molecule has 0 bridgehead atoms. The van der Waals surface area contributed by atoms with Crippen molar-refractivity contribution >= 4 is 34.5 Å². The fourth-order valence-corrected chi connectivity index (χ4v) is 2.00. The Balaban J connectivity index is 2.51. The molecule has 0 saturated heterocycles.